The molecular formula is C18H23NO. The zero-order valence-corrected chi connectivity index (χ0v) is 12.5. The highest BCUT2D eigenvalue weighted by Gasteiger charge is 2.17. The molecule has 0 fully saturated rings. The first-order chi connectivity index (χ1) is 9.60. The van der Waals surface area contributed by atoms with Crippen LogP contribution in [0.3, 0.4) is 0 Å². The number of benzene rings is 2. The average Bonchev–Trinajstić information content (AvgIpc) is 2.45. The number of ketones is 1. The summed E-state index contributed by atoms with van der Waals surface area (Å²) in [7, 11) is 0. The Kier molecular flexibility index (Phi) is 4.91. The third-order valence-electron chi connectivity index (χ3n) is 3.53. The summed E-state index contributed by atoms with van der Waals surface area (Å²) in [4.78, 5) is 12.1. The number of Topliss-reactive ketones (excluding diaryl/α,β-unsaturated/α-hetero) is 1. The van der Waals surface area contributed by atoms with E-state index in [4.69, 9.17) is 0 Å². The van der Waals surface area contributed by atoms with Crippen LogP contribution in [0, 0.1) is 0 Å². The quantitative estimate of drug-likeness (QED) is 0.865. The maximum absolute atomic E-state index is 12.1. The van der Waals surface area contributed by atoms with Gasteiger partial charge in [0.2, 0.25) is 0 Å². The van der Waals surface area contributed by atoms with Crippen molar-refractivity contribution in [2.45, 2.75) is 45.7 Å². The lowest BCUT2D eigenvalue weighted by Gasteiger charge is -2.20. The van der Waals surface area contributed by atoms with E-state index in [1.807, 2.05) is 19.1 Å². The summed E-state index contributed by atoms with van der Waals surface area (Å²) in [6.07, 6.45) is 1.34. The van der Waals surface area contributed by atoms with E-state index in [1.165, 1.54) is 16.3 Å². The Balaban J connectivity index is 2.21. The fourth-order valence-electron chi connectivity index (χ4n) is 2.52. The number of nitrogens with one attached hydrogen (secondary N) is 1. The summed E-state index contributed by atoms with van der Waals surface area (Å²) < 4.78 is 0. The van der Waals surface area contributed by atoms with Crippen molar-refractivity contribution >= 4 is 16.6 Å². The second-order valence-corrected chi connectivity index (χ2v) is 5.58. The first-order valence-electron chi connectivity index (χ1n) is 7.36. The maximum Gasteiger partial charge on any atom is 0.149 e. The number of fused-ring (bicyclic) bond motifs is 1. The number of hydrogen-bond acceptors (Lipinski definition) is 2. The number of hydrogen-bond donors (Lipinski definition) is 1. The zero-order chi connectivity index (χ0) is 14.5. The van der Waals surface area contributed by atoms with Gasteiger partial charge < -0.3 is 5.32 Å². The van der Waals surface area contributed by atoms with Crippen LogP contribution in [0.25, 0.3) is 10.8 Å². The van der Waals surface area contributed by atoms with Gasteiger partial charge in [-0.05, 0) is 22.8 Å². The molecule has 2 rings (SSSR count). The average molecular weight is 269 g/mol. The molecule has 0 aliphatic heterocycles. The predicted octanol–water partition coefficient (Wildman–Crippen LogP) is 3.73. The highest BCUT2D eigenvalue weighted by molar-refractivity contribution is 5.85. The molecule has 0 saturated heterocycles. The largest absolute Gasteiger partial charge is 0.305 e. The maximum atomic E-state index is 12.1. The van der Waals surface area contributed by atoms with E-state index >= 15 is 0 Å². The Labute approximate surface area is 121 Å². The van der Waals surface area contributed by atoms with E-state index in [0.29, 0.717) is 12.5 Å². The molecule has 1 atom stereocenters. The van der Waals surface area contributed by atoms with E-state index in [2.05, 4.69) is 49.5 Å². The molecule has 2 aromatic carbocycles. The monoisotopic (exact) mass is 269 g/mol. The molecule has 106 valence electrons. The Morgan fingerprint density at radius 2 is 1.80 bits per heavy atom. The molecule has 0 saturated carbocycles. The highest BCUT2D eigenvalue weighted by Crippen LogP contribution is 2.17. The van der Waals surface area contributed by atoms with E-state index in [0.717, 1.165) is 6.42 Å². The molecule has 20 heavy (non-hydrogen) atoms. The van der Waals surface area contributed by atoms with Gasteiger partial charge in [0, 0.05) is 12.5 Å². The molecule has 2 heteroatoms. The van der Waals surface area contributed by atoms with E-state index in [-0.39, 0.29) is 11.8 Å². The van der Waals surface area contributed by atoms with Crippen molar-refractivity contribution in [3.05, 3.63) is 48.0 Å². The first-order valence-corrected chi connectivity index (χ1v) is 7.36. The third-order valence-corrected chi connectivity index (χ3v) is 3.53. The van der Waals surface area contributed by atoms with Crippen LogP contribution in [0.15, 0.2) is 42.5 Å². The lowest BCUT2D eigenvalue weighted by atomic mass is 9.98. The van der Waals surface area contributed by atoms with Gasteiger partial charge in [-0.1, -0.05) is 63.2 Å². The van der Waals surface area contributed by atoms with Crippen molar-refractivity contribution < 1.29 is 4.79 Å². The minimum atomic E-state index is -0.0823. The highest BCUT2D eigenvalue weighted by atomic mass is 16.1. The van der Waals surface area contributed by atoms with Gasteiger partial charge in [-0.2, -0.15) is 0 Å². The fourth-order valence-corrected chi connectivity index (χ4v) is 2.52. The molecule has 0 radical (unpaired) electrons. The molecule has 0 aromatic heterocycles. The molecule has 0 amide bonds. The van der Waals surface area contributed by atoms with Gasteiger partial charge in [0.15, 0.2) is 0 Å². The van der Waals surface area contributed by atoms with Gasteiger partial charge in [-0.15, -0.1) is 0 Å². The Morgan fingerprint density at radius 1 is 1.10 bits per heavy atom. The van der Waals surface area contributed by atoms with Crippen LogP contribution in [0.1, 0.15) is 32.8 Å². The molecule has 0 bridgehead atoms. The zero-order valence-electron chi connectivity index (χ0n) is 12.5. The lowest BCUT2D eigenvalue weighted by molar-refractivity contribution is -0.120. The number of carbonyl (C=O) groups excluding carboxylic acids is 1. The first kappa shape index (κ1) is 14.7. The van der Waals surface area contributed by atoms with Crippen molar-refractivity contribution in [1.29, 1.82) is 0 Å². The molecule has 0 unspecified atom stereocenters. The molecular weight excluding hydrogens is 246 g/mol. The summed E-state index contributed by atoms with van der Waals surface area (Å²) in [5.41, 5.74) is 1.21. The second kappa shape index (κ2) is 6.67. The van der Waals surface area contributed by atoms with Gasteiger partial charge in [-0.3, -0.25) is 4.79 Å². The summed E-state index contributed by atoms with van der Waals surface area (Å²) in [5, 5.41) is 5.85. The number of rotatable bonds is 6. The smallest absolute Gasteiger partial charge is 0.149 e. The van der Waals surface area contributed by atoms with Crippen molar-refractivity contribution in [2.75, 3.05) is 0 Å². The minimum absolute atomic E-state index is 0.0823. The van der Waals surface area contributed by atoms with Crippen molar-refractivity contribution in [2.24, 2.45) is 0 Å². The Hall–Kier alpha value is -1.67. The van der Waals surface area contributed by atoms with Crippen LogP contribution in [-0.2, 0) is 11.2 Å². The summed E-state index contributed by atoms with van der Waals surface area (Å²) >= 11 is 0. The van der Waals surface area contributed by atoms with Crippen molar-refractivity contribution in [3.63, 3.8) is 0 Å². The Bertz CT molecular complexity index is 589. The summed E-state index contributed by atoms with van der Waals surface area (Å²) in [5.74, 6) is 0.284. The Morgan fingerprint density at radius 3 is 2.45 bits per heavy atom. The van der Waals surface area contributed by atoms with Crippen LogP contribution in [0.5, 0.6) is 0 Å². The van der Waals surface area contributed by atoms with E-state index in [1.54, 1.807) is 0 Å². The molecule has 1 N–H and O–H groups in total. The van der Waals surface area contributed by atoms with Crippen molar-refractivity contribution in [3.8, 4) is 0 Å². The summed E-state index contributed by atoms with van der Waals surface area (Å²) in [6, 6.07) is 15.0. The van der Waals surface area contributed by atoms with E-state index < -0.39 is 0 Å². The molecule has 0 aliphatic carbocycles. The molecule has 0 spiro atoms. The minimum Gasteiger partial charge on any atom is -0.305 e. The van der Waals surface area contributed by atoms with Crippen LogP contribution >= 0.6 is 0 Å². The van der Waals surface area contributed by atoms with Crippen LogP contribution in [0.4, 0.5) is 0 Å². The van der Waals surface area contributed by atoms with Crippen LogP contribution in [0.2, 0.25) is 0 Å². The third kappa shape index (κ3) is 3.67. The standard InChI is InChI=1S/C18H23NO/c1-4-18(20)17(19-13(2)3)12-14-9-10-15-7-5-6-8-16(15)11-14/h5-11,13,17,19H,4,12H2,1-3H3/t17-/m0/s1. The topological polar surface area (TPSA) is 29.1 Å². The van der Waals surface area contributed by atoms with Gasteiger partial charge in [0.05, 0.1) is 6.04 Å². The molecule has 2 nitrogen and oxygen atoms in total. The van der Waals surface area contributed by atoms with Crippen molar-refractivity contribution in [1.82, 2.24) is 5.32 Å². The van der Waals surface area contributed by atoms with Gasteiger partial charge in [-0.25, -0.2) is 0 Å². The number of carbonyl (C=O) groups is 1. The molecule has 2 aromatic rings. The molecule has 0 heterocycles. The van der Waals surface area contributed by atoms with Gasteiger partial charge in [0.1, 0.15) is 5.78 Å². The van der Waals surface area contributed by atoms with Gasteiger partial charge in [0.25, 0.3) is 0 Å². The van der Waals surface area contributed by atoms with Gasteiger partial charge >= 0.3 is 0 Å². The normalized spacial score (nSPS) is 12.8. The van der Waals surface area contributed by atoms with Crippen LogP contribution < -0.4 is 5.32 Å². The SMILES string of the molecule is CCC(=O)[C@H](Cc1ccc2ccccc2c1)NC(C)C. The molecule has 0 aliphatic rings. The predicted molar refractivity (Wildman–Crippen MR) is 85.0 cm³/mol. The second-order valence-electron chi connectivity index (χ2n) is 5.58. The summed E-state index contributed by atoms with van der Waals surface area (Å²) in [6.45, 7) is 6.09. The lowest BCUT2D eigenvalue weighted by Crippen LogP contribution is -2.42. The van der Waals surface area contributed by atoms with Crippen LogP contribution in [-0.4, -0.2) is 17.9 Å². The fraction of sp³-hybridized carbons (Fsp3) is 0.389. The van der Waals surface area contributed by atoms with E-state index in [9.17, 15) is 4.79 Å².